The summed E-state index contributed by atoms with van der Waals surface area (Å²) in [6.07, 6.45) is 1.17. The Morgan fingerprint density at radius 1 is 0.384 bits per heavy atom. The van der Waals surface area contributed by atoms with Crippen LogP contribution in [0.4, 0.5) is 0 Å². The van der Waals surface area contributed by atoms with E-state index in [0.717, 1.165) is 5.56 Å². The number of hydrogen-bond donors (Lipinski definition) is 0. The molecule has 4 fully saturated rings. The van der Waals surface area contributed by atoms with Gasteiger partial charge in [0.05, 0.1) is 13.2 Å². The molecule has 99 heavy (non-hydrogen) atoms. The zero-order valence-electron chi connectivity index (χ0n) is 56.4. The van der Waals surface area contributed by atoms with Crippen LogP contribution >= 0.6 is 31.9 Å². The van der Waals surface area contributed by atoms with Crippen molar-refractivity contribution in [3.8, 4) is 0 Å². The van der Waals surface area contributed by atoms with E-state index in [1.807, 2.05) is 256 Å². The quantitative estimate of drug-likeness (QED) is 0.0206. The molecule has 8 unspecified atom stereocenters. The molecule has 4 aliphatic rings. The molecule has 31 heteroatoms. The average Bonchev–Trinajstić information content (AvgIpc) is 0.691. The highest BCUT2D eigenvalue weighted by Gasteiger charge is 2.80. The van der Waals surface area contributed by atoms with Crippen molar-refractivity contribution in [3.63, 3.8) is 0 Å². The molecule has 518 valence electrons. The SMILES string of the molecule is C[Si]O[Si]1(c2ccccc2)O[Si]2(Cc3ccccc3)O[Si](OCCCCOC(=O)C(C)(C)Br)(c3ccccc3)O[Si](c3ccccc3)(O1)O[Si]1(c3ccccc3)O[Si](O[Si]C)(c3ccccc3)O[Si](c3ccccc3)(O2)O[Si](O[Si](C)(C)CCCOC(=O)C(C)(C)Br)(c2ccccc2)O1. The van der Waals surface area contributed by atoms with Crippen molar-refractivity contribution in [2.24, 2.45) is 0 Å². The van der Waals surface area contributed by atoms with Gasteiger partial charge in [-0.25, -0.2) is 0 Å². The monoisotopic (exact) mass is 1650 g/mol. The van der Waals surface area contributed by atoms with Crippen LogP contribution in [0.5, 0.6) is 0 Å². The van der Waals surface area contributed by atoms with E-state index in [-0.39, 0.29) is 45.4 Å². The van der Waals surface area contributed by atoms with Gasteiger partial charge in [-0.3, -0.25) is 9.59 Å². The highest BCUT2D eigenvalue weighted by atomic mass is 79.9. The molecule has 12 rings (SSSR count). The smallest absolute Gasteiger partial charge is 0.465 e. The molecule has 0 aliphatic carbocycles. The lowest BCUT2D eigenvalue weighted by Crippen LogP contribution is -2.89. The lowest BCUT2D eigenvalue weighted by Gasteiger charge is -2.57. The lowest BCUT2D eigenvalue weighted by atomic mass is 10.2. The second kappa shape index (κ2) is 32.2. The first-order valence-electron chi connectivity index (χ1n) is 32.7. The first kappa shape index (κ1) is 75.6. The number of rotatable bonds is 27. The third-order valence-corrected chi connectivity index (χ3v) is 56.0. The summed E-state index contributed by atoms with van der Waals surface area (Å²) in [5, 5.41) is 3.34. The summed E-state index contributed by atoms with van der Waals surface area (Å²) in [5.74, 6) is -0.806. The number of esters is 2. The molecule has 8 atom stereocenters. The topological polar surface area (TPSA) is 182 Å². The molecule has 0 amide bonds. The third-order valence-electron chi connectivity index (χ3n) is 16.0. The Kier molecular flexibility index (Phi) is 24.6. The van der Waals surface area contributed by atoms with Gasteiger partial charge in [-0.1, -0.05) is 275 Å². The Bertz CT molecular complexity index is 3930. The average molecular weight is 1650 g/mol. The highest BCUT2D eigenvalue weighted by Crippen LogP contribution is 2.44. The molecule has 0 saturated carbocycles. The zero-order valence-corrected chi connectivity index (χ0v) is 70.5. The second-order valence-electron chi connectivity index (χ2n) is 25.2. The number of fused-ring (bicyclic) bond motifs is 4. The van der Waals surface area contributed by atoms with Gasteiger partial charge >= 0.3 is 82.4 Å². The summed E-state index contributed by atoms with van der Waals surface area (Å²) in [5.41, 5.74) is 0.728. The molecular formula is C68H80Br2O18Si11. The molecule has 4 saturated heterocycles. The maximum atomic E-state index is 13.3. The van der Waals surface area contributed by atoms with Crippen molar-refractivity contribution in [2.75, 3.05) is 19.8 Å². The van der Waals surface area contributed by atoms with E-state index in [1.165, 1.54) is 0 Å². The Labute approximate surface area is 612 Å². The summed E-state index contributed by atoms with van der Waals surface area (Å²) in [6, 6.07) is 76.9. The molecule has 4 bridgehead atoms. The minimum Gasteiger partial charge on any atom is -0.465 e. The Balaban J connectivity index is 1.32. The van der Waals surface area contributed by atoms with E-state index in [1.54, 1.807) is 27.7 Å². The molecule has 4 aliphatic heterocycles. The maximum absolute atomic E-state index is 13.3. The van der Waals surface area contributed by atoms with Gasteiger partial charge in [-0.2, -0.15) is 0 Å². The fraction of sp³-hybridized carbons (Fsp3) is 0.265. The van der Waals surface area contributed by atoms with Crippen LogP contribution in [0.1, 0.15) is 52.5 Å². The standard InChI is InChI=1S/C68H80Br2O18Si11/c1-67(2,69)65(71)73-52-33-34-54-75-93(58-38-19-10-20-39-58)79-92(56-57-36-17-9-18-37-57)80-94(76-89-5,59-40-21-11-22-41-59)83-98(82-93,63-48-29-15-30-49-63)88-99(64-50-31-16-32-51-64)85-95(77-90-6,60-42-23-12-24-43-60)84-97(81-92,62-46-27-14-28-47-62)86-96(87-99,61-44-25-13-26-45-61)78-91(7,8)55-35-53-74-66(72)68(3,4)70/h9-32,36-51H,33-35,52-56H2,1-8H3. The number of benzene rings is 8. The largest absolute Gasteiger partial charge is 0.522 e. The Morgan fingerprint density at radius 2 is 0.687 bits per heavy atom. The van der Waals surface area contributed by atoms with E-state index in [9.17, 15) is 9.59 Å². The molecule has 4 radical (unpaired) electrons. The fourth-order valence-electron chi connectivity index (χ4n) is 11.3. The molecule has 8 aromatic carbocycles. The van der Waals surface area contributed by atoms with Crippen molar-refractivity contribution >= 4 is 178 Å². The second-order valence-corrected chi connectivity index (χ2v) is 58.4. The third kappa shape index (κ3) is 17.7. The van der Waals surface area contributed by atoms with Gasteiger partial charge in [-0.05, 0) is 84.8 Å². The minimum atomic E-state index is -5.38. The van der Waals surface area contributed by atoms with Gasteiger partial charge in [0.15, 0.2) is 8.32 Å². The van der Waals surface area contributed by atoms with Gasteiger partial charge in [0, 0.05) is 49.0 Å². The van der Waals surface area contributed by atoms with E-state index in [4.69, 9.17) is 67.4 Å². The predicted molar refractivity (Wildman–Crippen MR) is 406 cm³/mol. The van der Waals surface area contributed by atoms with Crippen molar-refractivity contribution < 1.29 is 77.0 Å². The number of unbranched alkanes of at least 4 members (excludes halogenated alkanes) is 1. The molecule has 0 N–H and O–H groups in total. The van der Waals surface area contributed by atoms with Crippen molar-refractivity contribution in [2.45, 2.75) is 93.9 Å². The predicted octanol–water partition coefficient (Wildman–Crippen LogP) is 9.05. The zero-order chi connectivity index (χ0) is 69.9. The normalized spacial score (nSPS) is 26.6. The summed E-state index contributed by atoms with van der Waals surface area (Å²) in [7, 11) is -45.0. The number of alkyl halides is 2. The fourth-order valence-corrected chi connectivity index (χ4v) is 61.1. The van der Waals surface area contributed by atoms with Gasteiger partial charge in [-0.15, -0.1) is 0 Å². The van der Waals surface area contributed by atoms with Crippen molar-refractivity contribution in [1.82, 2.24) is 0 Å². The molecule has 8 aromatic rings. The van der Waals surface area contributed by atoms with E-state index in [0.29, 0.717) is 61.6 Å². The Morgan fingerprint density at radius 3 is 1.08 bits per heavy atom. The number of halogens is 2. The molecule has 4 heterocycles. The highest BCUT2D eigenvalue weighted by molar-refractivity contribution is 9.10. The van der Waals surface area contributed by atoms with E-state index < -0.39 is 99.3 Å². The molecule has 0 spiro atoms. The first-order valence-corrected chi connectivity index (χ1v) is 54.2. The van der Waals surface area contributed by atoms with Gasteiger partial charge in [0.1, 0.15) is 8.65 Å². The lowest BCUT2D eigenvalue weighted by molar-refractivity contribution is -0.146. The van der Waals surface area contributed by atoms with Crippen molar-refractivity contribution in [3.05, 3.63) is 248 Å². The van der Waals surface area contributed by atoms with E-state index in [2.05, 4.69) is 45.0 Å². The summed E-state index contributed by atoms with van der Waals surface area (Å²) in [4.78, 5) is 26.5. The van der Waals surface area contributed by atoms with Crippen LogP contribution in [0.15, 0.2) is 243 Å². The summed E-state index contributed by atoms with van der Waals surface area (Å²) >= 11 is 6.95. The molecule has 18 nitrogen and oxygen atoms in total. The number of hydrogen-bond acceptors (Lipinski definition) is 18. The van der Waals surface area contributed by atoms with Crippen LogP contribution in [0, 0.1) is 0 Å². The molecule has 0 aromatic heterocycles. The Hall–Kier alpha value is -4.51. The molecular weight excluding hydrogens is 1570 g/mol. The first-order chi connectivity index (χ1) is 47.5. The van der Waals surface area contributed by atoms with Crippen molar-refractivity contribution in [1.29, 1.82) is 0 Å². The van der Waals surface area contributed by atoms with Crippen LogP contribution in [-0.2, 0) is 83.0 Å². The summed E-state index contributed by atoms with van der Waals surface area (Å²) < 4.78 is 127. The van der Waals surface area contributed by atoms with Crippen LogP contribution < -0.4 is 36.3 Å². The van der Waals surface area contributed by atoms with Crippen LogP contribution in [0.3, 0.4) is 0 Å². The summed E-state index contributed by atoms with van der Waals surface area (Å²) in [6.45, 7) is 15.2. The van der Waals surface area contributed by atoms with Gasteiger partial charge in [0.2, 0.25) is 19.5 Å². The number of ether oxygens (including phenoxy) is 2. The van der Waals surface area contributed by atoms with Crippen LogP contribution in [-0.4, -0.2) is 139 Å². The van der Waals surface area contributed by atoms with Gasteiger partial charge < -0.3 is 67.4 Å². The number of carbonyl (C=O) groups excluding carboxylic acids is 2. The maximum Gasteiger partial charge on any atom is 0.522 e. The van der Waals surface area contributed by atoms with E-state index >= 15 is 0 Å². The number of carbonyl (C=O) groups is 2. The van der Waals surface area contributed by atoms with Crippen LogP contribution in [0.25, 0.3) is 0 Å². The van der Waals surface area contributed by atoms with Crippen LogP contribution in [0.2, 0.25) is 32.2 Å². The minimum absolute atomic E-state index is 0.0119. The van der Waals surface area contributed by atoms with Gasteiger partial charge in [0.25, 0.3) is 0 Å².